The first-order chi connectivity index (χ1) is 13.0. The molecule has 6 heteroatoms. The van der Waals surface area contributed by atoms with Crippen molar-refractivity contribution in [2.75, 3.05) is 20.1 Å². The lowest BCUT2D eigenvalue weighted by molar-refractivity contribution is -0.683. The van der Waals surface area contributed by atoms with Gasteiger partial charge in [0.15, 0.2) is 6.20 Å². The summed E-state index contributed by atoms with van der Waals surface area (Å²) in [5, 5.41) is 3.08. The molecule has 0 bridgehead atoms. The molecule has 0 saturated heterocycles. The van der Waals surface area contributed by atoms with E-state index in [-0.39, 0.29) is 18.4 Å². The van der Waals surface area contributed by atoms with Crippen LogP contribution in [0.5, 0.6) is 0 Å². The average molecular weight is 387 g/mol. The molecule has 0 fully saturated rings. The zero-order valence-electron chi connectivity index (χ0n) is 15.9. The number of carbonyl (C=O) groups excluding carboxylic acids is 2. The summed E-state index contributed by atoms with van der Waals surface area (Å²) in [4.78, 5) is 26.2. The van der Waals surface area contributed by atoms with E-state index in [9.17, 15) is 9.59 Å². The summed E-state index contributed by atoms with van der Waals surface area (Å²) in [5.41, 5.74) is 2.47. The van der Waals surface area contributed by atoms with E-state index in [1.54, 1.807) is 28.7 Å². The van der Waals surface area contributed by atoms with Crippen LogP contribution in [0.2, 0.25) is 5.15 Å². The van der Waals surface area contributed by atoms with Crippen LogP contribution in [0.15, 0.2) is 54.7 Å². The summed E-state index contributed by atoms with van der Waals surface area (Å²) in [7, 11) is 1.59. The van der Waals surface area contributed by atoms with Crippen molar-refractivity contribution >= 4 is 29.0 Å². The molecule has 0 saturated carbocycles. The lowest BCUT2D eigenvalue weighted by atomic mass is 9.98. The monoisotopic (exact) mass is 386 g/mol. The number of carbonyl (C=O) groups is 2. The maximum Gasteiger partial charge on any atom is 0.288 e. The van der Waals surface area contributed by atoms with Gasteiger partial charge >= 0.3 is 0 Å². The van der Waals surface area contributed by atoms with Crippen molar-refractivity contribution in [1.29, 1.82) is 0 Å². The Balaban J connectivity index is 2.45. The van der Waals surface area contributed by atoms with E-state index >= 15 is 0 Å². The fourth-order valence-electron chi connectivity index (χ4n) is 2.78. The van der Waals surface area contributed by atoms with Crippen LogP contribution in [0, 0.1) is 0 Å². The number of aromatic nitrogens is 1. The predicted molar refractivity (Wildman–Crippen MR) is 107 cm³/mol. The number of pyridine rings is 1. The summed E-state index contributed by atoms with van der Waals surface area (Å²) < 4.78 is 1.71. The van der Waals surface area contributed by atoms with E-state index in [1.165, 1.54) is 0 Å². The van der Waals surface area contributed by atoms with Crippen LogP contribution in [0.25, 0.3) is 5.57 Å². The van der Waals surface area contributed by atoms with Crippen molar-refractivity contribution in [3.05, 3.63) is 71.0 Å². The highest BCUT2D eigenvalue weighted by atomic mass is 35.5. The summed E-state index contributed by atoms with van der Waals surface area (Å²) in [6.07, 6.45) is 3.36. The van der Waals surface area contributed by atoms with Crippen LogP contribution in [0.4, 0.5) is 0 Å². The van der Waals surface area contributed by atoms with Gasteiger partial charge < -0.3 is 10.2 Å². The maximum atomic E-state index is 12.5. The minimum atomic E-state index is -0.199. The molecule has 2 amide bonds. The number of halogens is 1. The number of benzene rings is 1. The lowest BCUT2D eigenvalue weighted by Gasteiger charge is -2.16. The molecule has 0 aliphatic carbocycles. The van der Waals surface area contributed by atoms with E-state index < -0.39 is 0 Å². The Kier molecular flexibility index (Phi) is 7.55. The molecule has 1 N–H and O–H groups in total. The predicted octanol–water partition coefficient (Wildman–Crippen LogP) is 2.67. The van der Waals surface area contributed by atoms with Crippen LogP contribution in [-0.2, 0) is 16.1 Å². The Morgan fingerprint density at radius 2 is 1.74 bits per heavy atom. The van der Waals surface area contributed by atoms with Gasteiger partial charge in [-0.15, -0.1) is 0 Å². The normalized spacial score (nSPS) is 11.2. The quantitative estimate of drug-likeness (QED) is 0.452. The van der Waals surface area contributed by atoms with Gasteiger partial charge in [-0.3, -0.25) is 9.59 Å². The number of hydrogen-bond acceptors (Lipinski definition) is 2. The molecule has 2 aromatic rings. The zero-order chi connectivity index (χ0) is 19.8. The molecule has 5 nitrogen and oxygen atoms in total. The molecule has 27 heavy (non-hydrogen) atoms. The first-order valence-electron chi connectivity index (χ1n) is 8.96. The van der Waals surface area contributed by atoms with Gasteiger partial charge in [-0.25, -0.2) is 0 Å². The highest BCUT2D eigenvalue weighted by Crippen LogP contribution is 2.23. The zero-order valence-corrected chi connectivity index (χ0v) is 16.7. The summed E-state index contributed by atoms with van der Waals surface area (Å²) in [6, 6.07) is 13.2. The molecular weight excluding hydrogens is 362 g/mol. The highest BCUT2D eigenvalue weighted by Gasteiger charge is 2.20. The van der Waals surface area contributed by atoms with Crippen molar-refractivity contribution in [2.24, 2.45) is 0 Å². The molecule has 0 radical (unpaired) electrons. The number of hydrogen-bond donors (Lipinski definition) is 1. The minimum Gasteiger partial charge on any atom is -0.356 e. The Hall–Kier alpha value is -2.66. The second-order valence-corrected chi connectivity index (χ2v) is 6.36. The number of rotatable bonds is 7. The van der Waals surface area contributed by atoms with E-state index in [0.717, 1.165) is 16.7 Å². The van der Waals surface area contributed by atoms with Crippen LogP contribution in [0.1, 0.15) is 25.0 Å². The number of amides is 2. The van der Waals surface area contributed by atoms with Crippen LogP contribution < -0.4 is 9.88 Å². The third-order valence-electron chi connectivity index (χ3n) is 4.31. The van der Waals surface area contributed by atoms with E-state index in [2.05, 4.69) is 5.32 Å². The van der Waals surface area contributed by atoms with Crippen molar-refractivity contribution in [1.82, 2.24) is 10.2 Å². The second-order valence-electron chi connectivity index (χ2n) is 5.97. The third kappa shape index (κ3) is 5.41. The summed E-state index contributed by atoms with van der Waals surface area (Å²) >= 11 is 6.31. The van der Waals surface area contributed by atoms with Gasteiger partial charge in [-0.2, -0.15) is 4.57 Å². The van der Waals surface area contributed by atoms with E-state index in [1.807, 2.05) is 56.4 Å². The van der Waals surface area contributed by atoms with Gasteiger partial charge in [0.1, 0.15) is 0 Å². The summed E-state index contributed by atoms with van der Waals surface area (Å²) in [6.45, 7) is 5.35. The number of likely N-dealkylation sites (N-methyl/N-ethyl adjacent to an activating group) is 2. The van der Waals surface area contributed by atoms with Gasteiger partial charge in [-0.05, 0) is 37.1 Å². The molecule has 0 atom stereocenters. The fourth-order valence-corrected chi connectivity index (χ4v) is 2.96. The Morgan fingerprint density at radius 1 is 1.07 bits per heavy atom. The first-order valence-corrected chi connectivity index (χ1v) is 9.33. The third-order valence-corrected chi connectivity index (χ3v) is 4.65. The Morgan fingerprint density at radius 3 is 2.33 bits per heavy atom. The van der Waals surface area contributed by atoms with Gasteiger partial charge in [0.2, 0.25) is 12.5 Å². The van der Waals surface area contributed by atoms with Gasteiger partial charge in [-0.1, -0.05) is 30.3 Å². The van der Waals surface area contributed by atoms with Crippen molar-refractivity contribution in [3.8, 4) is 0 Å². The molecule has 0 aliphatic rings. The van der Waals surface area contributed by atoms with E-state index in [0.29, 0.717) is 18.2 Å². The van der Waals surface area contributed by atoms with Gasteiger partial charge in [0.25, 0.3) is 11.1 Å². The van der Waals surface area contributed by atoms with Crippen LogP contribution in [-0.4, -0.2) is 36.9 Å². The molecule has 1 aromatic heterocycles. The molecule has 1 aromatic carbocycles. The fraction of sp³-hybridized carbons (Fsp3) is 0.286. The summed E-state index contributed by atoms with van der Waals surface area (Å²) in [5.74, 6) is -0.199. The molecular formula is C21H25ClN3O2+. The molecule has 0 unspecified atom stereocenters. The number of nitrogens with one attached hydrogen (secondary N) is 1. The topological polar surface area (TPSA) is 53.3 Å². The van der Waals surface area contributed by atoms with E-state index in [4.69, 9.17) is 11.6 Å². The van der Waals surface area contributed by atoms with Crippen molar-refractivity contribution < 1.29 is 14.2 Å². The molecule has 1 heterocycles. The maximum absolute atomic E-state index is 12.5. The molecule has 0 spiro atoms. The molecule has 142 valence electrons. The standard InChI is InChI=1S/C21H24ClN3O2/c1-4-24(5-2)21(27)15-25-14-17(11-12-19(25)22)18(13-20(26)23-3)16-9-7-6-8-10-16/h6-14H,4-5,15H2,1-3H3/p+1/b18-13-. The largest absolute Gasteiger partial charge is 0.356 e. The van der Waals surface area contributed by atoms with Crippen LogP contribution in [0.3, 0.4) is 0 Å². The minimum absolute atomic E-state index is 0.000548. The highest BCUT2D eigenvalue weighted by molar-refractivity contribution is 6.28. The van der Waals surface area contributed by atoms with Gasteiger partial charge in [0, 0.05) is 43.4 Å². The SMILES string of the molecule is CCN(CC)C(=O)C[n+]1cc(/C(=C\C(=O)NC)c2ccccc2)ccc1Cl. The molecule has 0 aliphatic heterocycles. The Bertz CT molecular complexity index is 831. The van der Waals surface area contributed by atoms with Gasteiger partial charge in [0.05, 0.1) is 0 Å². The first kappa shape index (κ1) is 20.6. The average Bonchev–Trinajstić information content (AvgIpc) is 2.69. The second kappa shape index (κ2) is 9.88. The number of nitrogens with zero attached hydrogens (tertiary/aromatic N) is 2. The molecule has 2 rings (SSSR count). The Labute approximate surface area is 165 Å². The van der Waals surface area contributed by atoms with Crippen molar-refractivity contribution in [3.63, 3.8) is 0 Å². The lowest BCUT2D eigenvalue weighted by Crippen LogP contribution is -2.45. The van der Waals surface area contributed by atoms with Crippen molar-refractivity contribution in [2.45, 2.75) is 20.4 Å². The van der Waals surface area contributed by atoms with Crippen LogP contribution >= 0.6 is 11.6 Å². The smallest absolute Gasteiger partial charge is 0.288 e.